The number of sulfonamides is 1. The Morgan fingerprint density at radius 2 is 2.00 bits per heavy atom. The molecule has 9 nitrogen and oxygen atoms in total. The van der Waals surface area contributed by atoms with Crippen LogP contribution in [-0.2, 0) is 32.6 Å². The predicted octanol–water partition coefficient (Wildman–Crippen LogP) is 1.38. The Balaban J connectivity index is 1.49. The van der Waals surface area contributed by atoms with Gasteiger partial charge >= 0.3 is 4.87 Å². The second-order valence-corrected chi connectivity index (χ2v) is 9.56. The molecule has 2 aromatic heterocycles. The first kappa shape index (κ1) is 20.8. The van der Waals surface area contributed by atoms with Crippen LogP contribution in [0.2, 0.25) is 0 Å². The number of morpholine rings is 1. The van der Waals surface area contributed by atoms with Crippen molar-refractivity contribution in [1.82, 2.24) is 14.2 Å². The van der Waals surface area contributed by atoms with Crippen molar-refractivity contribution in [3.63, 3.8) is 0 Å². The molecule has 0 aliphatic carbocycles. The van der Waals surface area contributed by atoms with Gasteiger partial charge in [-0.3, -0.25) is 14.2 Å². The molecule has 0 spiro atoms. The fourth-order valence-corrected chi connectivity index (χ4v) is 5.32. The minimum absolute atomic E-state index is 0.0223. The SMILES string of the molecule is O=C(CCn1c(=O)sc2cc(S(=O)(=O)NCc3ccco3)ccc21)N1CCOCC1. The number of thiazole rings is 1. The van der Waals surface area contributed by atoms with Crippen LogP contribution in [0.1, 0.15) is 12.2 Å². The average Bonchev–Trinajstić information content (AvgIpc) is 3.38. The van der Waals surface area contributed by atoms with Gasteiger partial charge in [-0.1, -0.05) is 11.3 Å². The van der Waals surface area contributed by atoms with E-state index in [4.69, 9.17) is 9.15 Å². The van der Waals surface area contributed by atoms with E-state index in [-0.39, 0.29) is 35.2 Å². The third kappa shape index (κ3) is 4.48. The van der Waals surface area contributed by atoms with Crippen LogP contribution in [-0.4, -0.2) is 50.1 Å². The minimum Gasteiger partial charge on any atom is -0.468 e. The van der Waals surface area contributed by atoms with Crippen LogP contribution in [0.4, 0.5) is 0 Å². The van der Waals surface area contributed by atoms with E-state index >= 15 is 0 Å². The van der Waals surface area contributed by atoms with Crippen LogP contribution in [0, 0.1) is 0 Å². The predicted molar refractivity (Wildman–Crippen MR) is 111 cm³/mol. The van der Waals surface area contributed by atoms with Gasteiger partial charge < -0.3 is 14.1 Å². The number of nitrogens with one attached hydrogen (secondary N) is 1. The smallest absolute Gasteiger partial charge is 0.308 e. The van der Waals surface area contributed by atoms with Crippen LogP contribution in [0.15, 0.2) is 50.7 Å². The van der Waals surface area contributed by atoms with Gasteiger partial charge in [0, 0.05) is 26.1 Å². The van der Waals surface area contributed by atoms with Gasteiger partial charge in [0.15, 0.2) is 0 Å². The highest BCUT2D eigenvalue weighted by molar-refractivity contribution is 7.89. The number of benzene rings is 1. The molecule has 3 aromatic rings. The average molecular weight is 452 g/mol. The number of fused-ring (bicyclic) bond motifs is 1. The van der Waals surface area contributed by atoms with Crippen molar-refractivity contribution in [2.45, 2.75) is 24.4 Å². The summed E-state index contributed by atoms with van der Waals surface area (Å²) in [5, 5.41) is 0. The van der Waals surface area contributed by atoms with Gasteiger partial charge in [-0.05, 0) is 30.3 Å². The van der Waals surface area contributed by atoms with Crippen molar-refractivity contribution in [3.05, 3.63) is 52.0 Å². The maximum absolute atomic E-state index is 12.6. The second kappa shape index (κ2) is 8.72. The van der Waals surface area contributed by atoms with Gasteiger partial charge in [-0.2, -0.15) is 0 Å². The molecule has 0 bridgehead atoms. The number of hydrogen-bond acceptors (Lipinski definition) is 7. The lowest BCUT2D eigenvalue weighted by atomic mass is 10.3. The first-order valence-corrected chi connectivity index (χ1v) is 11.7. The zero-order valence-electron chi connectivity index (χ0n) is 16.1. The first-order chi connectivity index (χ1) is 14.4. The van der Waals surface area contributed by atoms with Crippen molar-refractivity contribution >= 4 is 37.5 Å². The number of nitrogens with zero attached hydrogens (tertiary/aromatic N) is 2. The Bertz CT molecular complexity index is 1190. The lowest BCUT2D eigenvalue weighted by Gasteiger charge is -2.26. The maximum atomic E-state index is 12.6. The van der Waals surface area contributed by atoms with Gasteiger partial charge in [0.25, 0.3) is 0 Å². The van der Waals surface area contributed by atoms with Crippen molar-refractivity contribution in [2.24, 2.45) is 0 Å². The summed E-state index contributed by atoms with van der Waals surface area (Å²) in [4.78, 5) is 26.4. The van der Waals surface area contributed by atoms with Gasteiger partial charge in [-0.25, -0.2) is 13.1 Å². The summed E-state index contributed by atoms with van der Waals surface area (Å²) < 4.78 is 40.1. The lowest BCUT2D eigenvalue weighted by Crippen LogP contribution is -2.41. The molecule has 1 aliphatic heterocycles. The van der Waals surface area contributed by atoms with Gasteiger partial charge in [0.05, 0.1) is 41.1 Å². The molecule has 1 N–H and O–H groups in total. The molecular weight excluding hydrogens is 430 g/mol. The third-order valence-electron chi connectivity index (χ3n) is 4.88. The molecule has 0 radical (unpaired) electrons. The van der Waals surface area contributed by atoms with Gasteiger partial charge in [0.2, 0.25) is 15.9 Å². The van der Waals surface area contributed by atoms with E-state index in [2.05, 4.69) is 4.72 Å². The standard InChI is InChI=1S/C19H21N3O6S2/c23-18(21-7-10-27-11-8-21)5-6-22-16-4-3-15(12-17(16)29-19(22)24)30(25,26)20-13-14-2-1-9-28-14/h1-4,9,12,20H,5-8,10-11,13H2. The summed E-state index contributed by atoms with van der Waals surface area (Å²) in [5.74, 6) is 0.478. The van der Waals surface area contributed by atoms with Crippen molar-refractivity contribution in [1.29, 1.82) is 0 Å². The molecule has 11 heteroatoms. The number of carbonyl (C=O) groups excluding carboxylic acids is 1. The summed E-state index contributed by atoms with van der Waals surface area (Å²) in [5.41, 5.74) is 0.616. The number of furan rings is 1. The molecule has 1 fully saturated rings. The molecular formula is C19H21N3O6S2. The van der Waals surface area contributed by atoms with E-state index in [9.17, 15) is 18.0 Å². The van der Waals surface area contributed by atoms with E-state index in [1.165, 1.54) is 23.0 Å². The van der Waals surface area contributed by atoms with Crippen LogP contribution >= 0.6 is 11.3 Å². The molecule has 1 saturated heterocycles. The molecule has 0 atom stereocenters. The summed E-state index contributed by atoms with van der Waals surface area (Å²) in [6.07, 6.45) is 1.68. The number of ether oxygens (including phenoxy) is 1. The highest BCUT2D eigenvalue weighted by Crippen LogP contribution is 2.22. The van der Waals surface area contributed by atoms with Crippen molar-refractivity contribution < 1.29 is 22.4 Å². The van der Waals surface area contributed by atoms with Crippen molar-refractivity contribution in [3.8, 4) is 0 Å². The number of aromatic nitrogens is 1. The third-order valence-corrected chi connectivity index (χ3v) is 7.22. The normalized spacial score (nSPS) is 15.0. The van der Waals surface area contributed by atoms with E-state index in [0.29, 0.717) is 42.3 Å². The highest BCUT2D eigenvalue weighted by atomic mass is 32.2. The largest absolute Gasteiger partial charge is 0.468 e. The number of carbonyl (C=O) groups is 1. The highest BCUT2D eigenvalue weighted by Gasteiger charge is 2.19. The van der Waals surface area contributed by atoms with Crippen molar-refractivity contribution in [2.75, 3.05) is 26.3 Å². The van der Waals surface area contributed by atoms with Crippen LogP contribution < -0.4 is 9.60 Å². The fourth-order valence-electron chi connectivity index (χ4n) is 3.27. The Hall–Kier alpha value is -2.47. The number of amides is 1. The summed E-state index contributed by atoms with van der Waals surface area (Å²) in [7, 11) is -3.76. The Morgan fingerprint density at radius 1 is 1.20 bits per heavy atom. The monoisotopic (exact) mass is 451 g/mol. The molecule has 160 valence electrons. The molecule has 1 amide bonds. The molecule has 1 aromatic carbocycles. The fraction of sp³-hybridized carbons (Fsp3) is 0.368. The first-order valence-electron chi connectivity index (χ1n) is 9.45. The maximum Gasteiger partial charge on any atom is 0.308 e. The van der Waals surface area contributed by atoms with E-state index < -0.39 is 10.0 Å². The topological polar surface area (TPSA) is 111 Å². The second-order valence-electron chi connectivity index (χ2n) is 6.80. The van der Waals surface area contributed by atoms with Crippen LogP contribution in [0.5, 0.6) is 0 Å². The van der Waals surface area contributed by atoms with Crippen LogP contribution in [0.3, 0.4) is 0 Å². The number of hydrogen-bond donors (Lipinski definition) is 1. The van der Waals surface area contributed by atoms with Gasteiger partial charge in [-0.15, -0.1) is 0 Å². The molecule has 0 saturated carbocycles. The number of aryl methyl sites for hydroxylation is 1. The molecule has 30 heavy (non-hydrogen) atoms. The van der Waals surface area contributed by atoms with Crippen LogP contribution in [0.25, 0.3) is 10.2 Å². The summed E-state index contributed by atoms with van der Waals surface area (Å²) in [6.45, 7) is 2.46. The molecule has 0 unspecified atom stereocenters. The molecule has 4 rings (SSSR count). The quantitative estimate of drug-likeness (QED) is 0.581. The number of rotatable bonds is 7. The lowest BCUT2D eigenvalue weighted by molar-refractivity contribution is -0.135. The Labute approximate surface area is 176 Å². The van der Waals surface area contributed by atoms with E-state index in [1.54, 1.807) is 23.1 Å². The Kier molecular flexibility index (Phi) is 6.04. The zero-order chi connectivity index (χ0) is 21.1. The van der Waals surface area contributed by atoms with Gasteiger partial charge in [0.1, 0.15) is 5.76 Å². The van der Waals surface area contributed by atoms with E-state index in [1.807, 2.05) is 0 Å². The summed E-state index contributed by atoms with van der Waals surface area (Å²) in [6, 6.07) is 7.90. The zero-order valence-corrected chi connectivity index (χ0v) is 17.7. The van der Waals surface area contributed by atoms with E-state index in [0.717, 1.165) is 11.3 Å². The molecule has 3 heterocycles. The Morgan fingerprint density at radius 3 is 2.73 bits per heavy atom. The summed E-state index contributed by atoms with van der Waals surface area (Å²) >= 11 is 0.964. The molecule has 1 aliphatic rings. The minimum atomic E-state index is -3.76.